The summed E-state index contributed by atoms with van der Waals surface area (Å²) in [5.74, 6) is 0. The number of rotatable bonds is 3. The van der Waals surface area contributed by atoms with E-state index >= 15 is 0 Å². The molecule has 0 amide bonds. The van der Waals surface area contributed by atoms with Crippen LogP contribution in [0, 0.1) is 0 Å². The van der Waals surface area contributed by atoms with E-state index < -0.39 is 0 Å². The van der Waals surface area contributed by atoms with Gasteiger partial charge in [0.1, 0.15) is 0 Å². The zero-order valence-corrected chi connectivity index (χ0v) is 7.63. The summed E-state index contributed by atoms with van der Waals surface area (Å²) < 4.78 is 0. The van der Waals surface area contributed by atoms with Crippen LogP contribution in [-0.2, 0) is 6.42 Å². The molecule has 5 heteroatoms. The van der Waals surface area contributed by atoms with E-state index in [1.165, 1.54) is 12.8 Å². The number of nitrogens with two attached hydrogens (primary N) is 1. The van der Waals surface area contributed by atoms with Crippen LogP contribution in [0.2, 0.25) is 0 Å². The molecule has 1 aliphatic rings. The van der Waals surface area contributed by atoms with Gasteiger partial charge in [0.2, 0.25) is 0 Å². The van der Waals surface area contributed by atoms with Crippen LogP contribution in [0.3, 0.4) is 0 Å². The zero-order valence-electron chi connectivity index (χ0n) is 6.81. The lowest BCUT2D eigenvalue weighted by Gasteiger charge is -1.91. The molecule has 0 radical (unpaired) electrons. The van der Waals surface area contributed by atoms with Gasteiger partial charge in [-0.25, -0.2) is 0 Å². The summed E-state index contributed by atoms with van der Waals surface area (Å²) in [5, 5.41) is 8.43. The molecule has 2 rings (SSSR count). The van der Waals surface area contributed by atoms with Crippen molar-refractivity contribution in [1.82, 2.24) is 15.0 Å². The molecule has 1 heterocycles. The van der Waals surface area contributed by atoms with Crippen LogP contribution in [0.5, 0.6) is 0 Å². The molecule has 1 aromatic heterocycles. The lowest BCUT2D eigenvalue weighted by atomic mass is 10.3. The molecule has 1 saturated carbocycles. The first kappa shape index (κ1) is 9.48. The maximum Gasteiger partial charge on any atom is 0.0839 e. The van der Waals surface area contributed by atoms with Gasteiger partial charge < -0.3 is 5.73 Å². The maximum absolute atomic E-state index is 5.38. The molecule has 0 spiro atoms. The molecule has 0 bridgehead atoms. The van der Waals surface area contributed by atoms with Gasteiger partial charge in [0.15, 0.2) is 0 Å². The highest BCUT2D eigenvalue weighted by Gasteiger charge is 2.25. The predicted octanol–water partition coefficient (Wildman–Crippen LogP) is 0.536. The van der Waals surface area contributed by atoms with E-state index in [9.17, 15) is 0 Å². The van der Waals surface area contributed by atoms with Crippen LogP contribution < -0.4 is 5.73 Å². The van der Waals surface area contributed by atoms with Crippen LogP contribution in [0.15, 0.2) is 6.20 Å². The van der Waals surface area contributed by atoms with Crippen LogP contribution in [-0.4, -0.2) is 21.5 Å². The van der Waals surface area contributed by atoms with Gasteiger partial charge >= 0.3 is 0 Å². The number of hydrogen-bond donors (Lipinski definition) is 1. The van der Waals surface area contributed by atoms with Gasteiger partial charge in [0.25, 0.3) is 0 Å². The zero-order chi connectivity index (χ0) is 7.68. The molecular weight excluding hydrogens is 176 g/mol. The van der Waals surface area contributed by atoms with Crippen LogP contribution in [0.25, 0.3) is 0 Å². The van der Waals surface area contributed by atoms with Crippen molar-refractivity contribution in [3.63, 3.8) is 0 Å². The van der Waals surface area contributed by atoms with Crippen LogP contribution >= 0.6 is 12.4 Å². The minimum absolute atomic E-state index is 0. The lowest BCUT2D eigenvalue weighted by Crippen LogP contribution is -2.04. The van der Waals surface area contributed by atoms with E-state index in [1.807, 2.05) is 11.0 Å². The second-order valence-electron chi connectivity index (χ2n) is 2.93. The van der Waals surface area contributed by atoms with Crippen molar-refractivity contribution in [2.24, 2.45) is 5.73 Å². The first-order chi connectivity index (χ1) is 5.40. The van der Waals surface area contributed by atoms with Gasteiger partial charge in [-0.05, 0) is 19.4 Å². The minimum atomic E-state index is 0. The van der Waals surface area contributed by atoms with E-state index in [0.717, 1.165) is 12.1 Å². The summed E-state index contributed by atoms with van der Waals surface area (Å²) in [4.78, 5) is 1.81. The third-order valence-corrected chi connectivity index (χ3v) is 1.83. The molecule has 68 valence electrons. The van der Waals surface area contributed by atoms with Crippen molar-refractivity contribution < 1.29 is 0 Å². The Morgan fingerprint density at radius 1 is 1.58 bits per heavy atom. The topological polar surface area (TPSA) is 56.7 Å². The van der Waals surface area contributed by atoms with E-state index in [-0.39, 0.29) is 12.4 Å². The highest BCUT2D eigenvalue weighted by atomic mass is 35.5. The lowest BCUT2D eigenvalue weighted by molar-refractivity contribution is 0.548. The molecule has 4 nitrogen and oxygen atoms in total. The van der Waals surface area contributed by atoms with Gasteiger partial charge in [0, 0.05) is 6.42 Å². The molecule has 1 fully saturated rings. The fourth-order valence-corrected chi connectivity index (χ4v) is 1.05. The average molecular weight is 189 g/mol. The number of nitrogens with zero attached hydrogens (tertiary/aromatic N) is 3. The first-order valence-corrected chi connectivity index (χ1v) is 4.01. The average Bonchev–Trinajstić information content (AvgIpc) is 2.75. The molecule has 12 heavy (non-hydrogen) atoms. The largest absolute Gasteiger partial charge is 0.330 e. The normalized spacial score (nSPS) is 15.8. The van der Waals surface area contributed by atoms with Crippen molar-refractivity contribution in [3.8, 4) is 0 Å². The van der Waals surface area contributed by atoms with E-state index in [1.54, 1.807) is 0 Å². The molecule has 2 N–H and O–H groups in total. The molecule has 0 aromatic carbocycles. The second kappa shape index (κ2) is 3.87. The molecule has 0 aliphatic heterocycles. The van der Waals surface area contributed by atoms with E-state index in [0.29, 0.717) is 12.6 Å². The Morgan fingerprint density at radius 2 is 2.33 bits per heavy atom. The minimum Gasteiger partial charge on any atom is -0.330 e. The first-order valence-electron chi connectivity index (χ1n) is 4.01. The highest BCUT2D eigenvalue weighted by Crippen LogP contribution is 2.32. The molecule has 0 atom stereocenters. The summed E-state index contributed by atoms with van der Waals surface area (Å²) in [7, 11) is 0. The Balaban J connectivity index is 0.000000720. The molecule has 1 aliphatic carbocycles. The van der Waals surface area contributed by atoms with Gasteiger partial charge in [-0.15, -0.1) is 12.4 Å². The number of halogens is 1. The molecular formula is C7H13ClN4. The Hall–Kier alpha value is -0.610. The van der Waals surface area contributed by atoms with Crippen molar-refractivity contribution in [3.05, 3.63) is 11.9 Å². The molecule has 0 saturated heterocycles. The Labute approximate surface area is 77.5 Å². The summed E-state index contributed by atoms with van der Waals surface area (Å²) in [6.07, 6.45) is 5.12. The van der Waals surface area contributed by atoms with Crippen molar-refractivity contribution >= 4 is 12.4 Å². The van der Waals surface area contributed by atoms with Crippen LogP contribution in [0.4, 0.5) is 0 Å². The monoisotopic (exact) mass is 188 g/mol. The van der Waals surface area contributed by atoms with Crippen molar-refractivity contribution in [2.45, 2.75) is 25.3 Å². The fraction of sp³-hybridized carbons (Fsp3) is 0.714. The number of hydrogen-bond acceptors (Lipinski definition) is 3. The summed E-state index contributed by atoms with van der Waals surface area (Å²) in [6.45, 7) is 0.656. The second-order valence-corrected chi connectivity index (χ2v) is 2.93. The van der Waals surface area contributed by atoms with Gasteiger partial charge in [0.05, 0.1) is 17.9 Å². The van der Waals surface area contributed by atoms with Crippen molar-refractivity contribution in [1.29, 1.82) is 0 Å². The van der Waals surface area contributed by atoms with E-state index in [4.69, 9.17) is 5.73 Å². The Kier molecular flexibility index (Phi) is 3.05. The standard InChI is InChI=1S/C7H12N4.ClH/c8-4-3-6-5-9-11(10-6)7-1-2-7;/h5,7H,1-4,8H2;1H. The summed E-state index contributed by atoms with van der Waals surface area (Å²) in [6, 6.07) is 0.585. The summed E-state index contributed by atoms with van der Waals surface area (Å²) >= 11 is 0. The maximum atomic E-state index is 5.38. The highest BCUT2D eigenvalue weighted by molar-refractivity contribution is 5.85. The summed E-state index contributed by atoms with van der Waals surface area (Å²) in [5.41, 5.74) is 6.40. The van der Waals surface area contributed by atoms with Crippen molar-refractivity contribution in [2.75, 3.05) is 6.54 Å². The van der Waals surface area contributed by atoms with Gasteiger partial charge in [-0.3, -0.25) is 0 Å². The molecule has 1 aromatic rings. The van der Waals surface area contributed by atoms with Crippen LogP contribution in [0.1, 0.15) is 24.6 Å². The fourth-order valence-electron chi connectivity index (χ4n) is 1.05. The third kappa shape index (κ3) is 1.95. The Morgan fingerprint density at radius 3 is 2.92 bits per heavy atom. The molecule has 0 unspecified atom stereocenters. The Bertz CT molecular complexity index is 243. The number of aromatic nitrogens is 3. The SMILES string of the molecule is Cl.NCCc1cnn(C2CC2)n1. The third-order valence-electron chi connectivity index (χ3n) is 1.83. The van der Waals surface area contributed by atoms with E-state index in [2.05, 4.69) is 10.2 Å². The van der Waals surface area contributed by atoms with Gasteiger partial charge in [-0.2, -0.15) is 15.0 Å². The predicted molar refractivity (Wildman–Crippen MR) is 48.3 cm³/mol. The smallest absolute Gasteiger partial charge is 0.0839 e. The van der Waals surface area contributed by atoms with Gasteiger partial charge in [-0.1, -0.05) is 0 Å². The quantitative estimate of drug-likeness (QED) is 0.753.